The lowest BCUT2D eigenvalue weighted by Crippen LogP contribution is -2.24. The van der Waals surface area contributed by atoms with E-state index in [2.05, 4.69) is 10.3 Å². The van der Waals surface area contributed by atoms with Crippen LogP contribution in [0, 0.1) is 0 Å². The smallest absolute Gasteiger partial charge is 0.235 e. The summed E-state index contributed by atoms with van der Waals surface area (Å²) in [5, 5.41) is 2.64. The molecule has 1 rings (SSSR count). The van der Waals surface area contributed by atoms with Crippen molar-refractivity contribution >= 4 is 17.5 Å². The van der Waals surface area contributed by atoms with E-state index in [1.54, 1.807) is 12.5 Å². The summed E-state index contributed by atoms with van der Waals surface area (Å²) in [5.74, 6) is -0.171. The number of nitrogens with one attached hydrogen (secondary N) is 1. The molecule has 1 N–H and O–H groups in total. The Morgan fingerprint density at radius 2 is 2.58 bits per heavy atom. The first-order valence-corrected chi connectivity index (χ1v) is 4.05. The molecule has 0 saturated heterocycles. The Labute approximate surface area is 75.5 Å². The van der Waals surface area contributed by atoms with Gasteiger partial charge in [-0.05, 0) is 0 Å². The monoisotopic (exact) mass is 187 g/mol. The van der Waals surface area contributed by atoms with Gasteiger partial charge in [-0.15, -0.1) is 11.6 Å². The summed E-state index contributed by atoms with van der Waals surface area (Å²) < 4.78 is 1.84. The van der Waals surface area contributed by atoms with Crippen molar-refractivity contribution in [3.8, 4) is 0 Å². The van der Waals surface area contributed by atoms with Gasteiger partial charge < -0.3 is 9.88 Å². The molecule has 0 spiro atoms. The molecule has 0 aromatic carbocycles. The Balaban J connectivity index is 2.43. The average molecular weight is 188 g/mol. The standard InChI is InChI=1S/C7H10ClN3O/c1-11-5-9-3-6(11)4-10-7(12)2-8/h3,5H,2,4H2,1H3,(H,10,12). The summed E-state index contributed by atoms with van der Waals surface area (Å²) in [6.07, 6.45) is 3.39. The minimum atomic E-state index is -0.169. The summed E-state index contributed by atoms with van der Waals surface area (Å²) in [6.45, 7) is 0.474. The van der Waals surface area contributed by atoms with E-state index in [0.717, 1.165) is 5.69 Å². The minimum Gasteiger partial charge on any atom is -0.349 e. The Kier molecular flexibility index (Phi) is 3.10. The second-order valence-corrected chi connectivity index (χ2v) is 2.67. The highest BCUT2D eigenvalue weighted by Gasteiger charge is 2.00. The number of carbonyl (C=O) groups excluding carboxylic acids is 1. The van der Waals surface area contributed by atoms with Crippen LogP contribution in [-0.4, -0.2) is 21.3 Å². The van der Waals surface area contributed by atoms with Gasteiger partial charge in [-0.1, -0.05) is 0 Å². The number of aryl methyl sites for hydroxylation is 1. The molecule has 1 aromatic heterocycles. The van der Waals surface area contributed by atoms with Gasteiger partial charge in [0, 0.05) is 13.2 Å². The highest BCUT2D eigenvalue weighted by Crippen LogP contribution is 1.94. The number of aromatic nitrogens is 2. The lowest BCUT2D eigenvalue weighted by Gasteiger charge is -2.02. The Morgan fingerprint density at radius 3 is 3.08 bits per heavy atom. The first-order valence-electron chi connectivity index (χ1n) is 3.52. The zero-order chi connectivity index (χ0) is 8.97. The van der Waals surface area contributed by atoms with Crippen LogP contribution in [0.4, 0.5) is 0 Å². The van der Waals surface area contributed by atoms with Crippen LogP contribution in [0.1, 0.15) is 5.69 Å². The molecule has 0 bridgehead atoms. The van der Waals surface area contributed by atoms with Crippen LogP contribution in [0.15, 0.2) is 12.5 Å². The van der Waals surface area contributed by atoms with Gasteiger partial charge in [0.2, 0.25) is 5.91 Å². The fraction of sp³-hybridized carbons (Fsp3) is 0.429. The third kappa shape index (κ3) is 2.23. The maximum absolute atomic E-state index is 10.7. The highest BCUT2D eigenvalue weighted by molar-refractivity contribution is 6.27. The van der Waals surface area contributed by atoms with Crippen LogP contribution in [0.2, 0.25) is 0 Å². The van der Waals surface area contributed by atoms with Gasteiger partial charge in [0.25, 0.3) is 0 Å². The van der Waals surface area contributed by atoms with Crippen molar-refractivity contribution in [1.29, 1.82) is 0 Å². The summed E-state index contributed by atoms with van der Waals surface area (Å²) in [4.78, 5) is 14.6. The largest absolute Gasteiger partial charge is 0.349 e. The fourth-order valence-corrected chi connectivity index (χ4v) is 0.886. The van der Waals surface area contributed by atoms with Crippen molar-refractivity contribution < 1.29 is 4.79 Å². The molecular weight excluding hydrogens is 178 g/mol. The number of rotatable bonds is 3. The first kappa shape index (κ1) is 9.06. The molecule has 0 fully saturated rings. The number of alkyl halides is 1. The molecule has 5 heteroatoms. The lowest BCUT2D eigenvalue weighted by molar-refractivity contribution is -0.118. The third-order valence-corrected chi connectivity index (χ3v) is 1.75. The van der Waals surface area contributed by atoms with Crippen LogP contribution >= 0.6 is 11.6 Å². The second kappa shape index (κ2) is 4.11. The van der Waals surface area contributed by atoms with E-state index in [0.29, 0.717) is 6.54 Å². The van der Waals surface area contributed by atoms with Gasteiger partial charge in [-0.25, -0.2) is 4.98 Å². The van der Waals surface area contributed by atoms with Crippen molar-refractivity contribution in [1.82, 2.24) is 14.9 Å². The lowest BCUT2D eigenvalue weighted by atomic mass is 10.4. The number of hydrogen-bond donors (Lipinski definition) is 1. The predicted molar refractivity (Wildman–Crippen MR) is 45.8 cm³/mol. The van der Waals surface area contributed by atoms with Crippen LogP contribution in [-0.2, 0) is 18.4 Å². The van der Waals surface area contributed by atoms with Crippen LogP contribution in [0.25, 0.3) is 0 Å². The van der Waals surface area contributed by atoms with Gasteiger partial charge in [0.05, 0.1) is 18.6 Å². The zero-order valence-corrected chi connectivity index (χ0v) is 7.51. The van der Waals surface area contributed by atoms with E-state index >= 15 is 0 Å². The number of carbonyl (C=O) groups is 1. The summed E-state index contributed by atoms with van der Waals surface area (Å²) >= 11 is 5.30. The summed E-state index contributed by atoms with van der Waals surface area (Å²) in [5.41, 5.74) is 0.952. The molecule has 1 heterocycles. The Bertz CT molecular complexity index is 271. The first-order chi connectivity index (χ1) is 5.74. The molecule has 12 heavy (non-hydrogen) atoms. The van der Waals surface area contributed by atoms with E-state index in [1.807, 2.05) is 11.6 Å². The van der Waals surface area contributed by atoms with Crippen LogP contribution in [0.3, 0.4) is 0 Å². The average Bonchev–Trinajstić information content (AvgIpc) is 2.47. The van der Waals surface area contributed by atoms with E-state index in [1.165, 1.54) is 0 Å². The van der Waals surface area contributed by atoms with Crippen molar-refractivity contribution in [2.75, 3.05) is 5.88 Å². The molecule has 0 unspecified atom stereocenters. The van der Waals surface area contributed by atoms with Crippen molar-refractivity contribution in [2.24, 2.45) is 7.05 Å². The van der Waals surface area contributed by atoms with Crippen molar-refractivity contribution in [2.45, 2.75) is 6.54 Å². The van der Waals surface area contributed by atoms with E-state index < -0.39 is 0 Å². The minimum absolute atomic E-state index is 0.00213. The van der Waals surface area contributed by atoms with Crippen LogP contribution in [0.5, 0.6) is 0 Å². The number of hydrogen-bond acceptors (Lipinski definition) is 2. The Morgan fingerprint density at radius 1 is 1.83 bits per heavy atom. The molecule has 66 valence electrons. The van der Waals surface area contributed by atoms with Gasteiger partial charge >= 0.3 is 0 Å². The molecule has 0 saturated carbocycles. The summed E-state index contributed by atoms with van der Waals surface area (Å²) in [7, 11) is 1.87. The van der Waals surface area contributed by atoms with E-state index in [4.69, 9.17) is 11.6 Å². The maximum atomic E-state index is 10.7. The molecule has 0 aliphatic rings. The molecular formula is C7H10ClN3O. The predicted octanol–water partition coefficient (Wildman–Crippen LogP) is 0.275. The second-order valence-electron chi connectivity index (χ2n) is 2.41. The quantitative estimate of drug-likeness (QED) is 0.691. The molecule has 1 amide bonds. The Hall–Kier alpha value is -1.03. The topological polar surface area (TPSA) is 46.9 Å². The van der Waals surface area contributed by atoms with E-state index in [-0.39, 0.29) is 11.8 Å². The molecule has 1 aromatic rings. The third-order valence-electron chi connectivity index (χ3n) is 1.50. The highest BCUT2D eigenvalue weighted by atomic mass is 35.5. The van der Waals surface area contributed by atoms with Gasteiger partial charge in [0.15, 0.2) is 0 Å². The zero-order valence-electron chi connectivity index (χ0n) is 6.75. The number of nitrogens with zero attached hydrogens (tertiary/aromatic N) is 2. The van der Waals surface area contributed by atoms with Gasteiger partial charge in [0.1, 0.15) is 5.88 Å². The molecule has 0 atom stereocenters. The fourth-order valence-electron chi connectivity index (χ4n) is 0.791. The van der Waals surface area contributed by atoms with Crippen molar-refractivity contribution in [3.05, 3.63) is 18.2 Å². The number of halogens is 1. The molecule has 0 aliphatic carbocycles. The van der Waals surface area contributed by atoms with Gasteiger partial charge in [-0.3, -0.25) is 4.79 Å². The SMILES string of the molecule is Cn1cncc1CNC(=O)CCl. The van der Waals surface area contributed by atoms with E-state index in [9.17, 15) is 4.79 Å². The maximum Gasteiger partial charge on any atom is 0.235 e. The summed E-state index contributed by atoms with van der Waals surface area (Å²) in [6, 6.07) is 0. The number of imidazole rings is 1. The van der Waals surface area contributed by atoms with Gasteiger partial charge in [-0.2, -0.15) is 0 Å². The molecule has 0 radical (unpaired) electrons. The molecule has 4 nitrogen and oxygen atoms in total. The van der Waals surface area contributed by atoms with Crippen molar-refractivity contribution in [3.63, 3.8) is 0 Å². The van der Waals surface area contributed by atoms with Crippen LogP contribution < -0.4 is 5.32 Å². The number of amides is 1. The normalized spacial score (nSPS) is 9.83. The molecule has 0 aliphatic heterocycles.